The molecule has 0 saturated heterocycles. The summed E-state index contributed by atoms with van der Waals surface area (Å²) < 4.78 is 27.2. The van der Waals surface area contributed by atoms with Gasteiger partial charge < -0.3 is 10.2 Å². The second-order valence-electron chi connectivity index (χ2n) is 10.6. The Morgan fingerprint density at radius 1 is 1.05 bits per heavy atom. The lowest BCUT2D eigenvalue weighted by atomic mass is 9.89. The fraction of sp³-hybridized carbons (Fsp3) is 0.250. The zero-order valence-corrected chi connectivity index (χ0v) is 22.5. The molecule has 0 aliphatic heterocycles. The van der Waals surface area contributed by atoms with Gasteiger partial charge in [0.1, 0.15) is 0 Å². The van der Waals surface area contributed by atoms with Gasteiger partial charge in [0.2, 0.25) is 0 Å². The molecule has 1 aliphatic carbocycles. The minimum atomic E-state index is -0.962. The maximum Gasteiger partial charge on any atom is 0.304 e. The first-order valence-electron chi connectivity index (χ1n) is 12.8. The third-order valence-electron chi connectivity index (χ3n) is 7.35. The molecule has 1 fully saturated rings. The molecule has 200 valence electrons. The molecule has 1 aliphatic rings. The second kappa shape index (κ2) is 10.5. The van der Waals surface area contributed by atoms with Crippen LogP contribution in [0.2, 0.25) is 0 Å². The van der Waals surface area contributed by atoms with Crippen LogP contribution in [0.3, 0.4) is 0 Å². The molecule has 0 amide bonds. The molecule has 0 bridgehead atoms. The largest absolute Gasteiger partial charge is 0.481 e. The molecule has 0 spiro atoms. The Morgan fingerprint density at radius 3 is 2.59 bits per heavy atom. The number of hydrogen-bond donors (Lipinski definition) is 2. The Morgan fingerprint density at radius 2 is 1.82 bits per heavy atom. The molecule has 0 radical (unpaired) electrons. The number of carbonyl (C=O) groups is 1. The van der Waals surface area contributed by atoms with Crippen LogP contribution in [0, 0.1) is 17.6 Å². The fourth-order valence-corrected chi connectivity index (χ4v) is 6.66. The zero-order valence-electron chi connectivity index (χ0n) is 21.7. The zero-order chi connectivity index (χ0) is 27.8. The molecular formula is C32H29F2NO3S. The van der Waals surface area contributed by atoms with E-state index in [0.29, 0.717) is 16.6 Å². The third-order valence-corrected chi connectivity index (χ3v) is 8.58. The van der Waals surface area contributed by atoms with Crippen LogP contribution in [0.1, 0.15) is 49.1 Å². The molecule has 3 aromatic carbocycles. The summed E-state index contributed by atoms with van der Waals surface area (Å²) in [6.45, 7) is 3.53. The van der Waals surface area contributed by atoms with Crippen LogP contribution in [0.25, 0.3) is 23.1 Å². The third kappa shape index (κ3) is 5.89. The van der Waals surface area contributed by atoms with Gasteiger partial charge in [0, 0.05) is 27.5 Å². The van der Waals surface area contributed by atoms with E-state index >= 15 is 0 Å². The van der Waals surface area contributed by atoms with Crippen LogP contribution in [-0.4, -0.2) is 26.9 Å². The average molecular weight is 546 g/mol. The maximum absolute atomic E-state index is 13.7. The number of pyridine rings is 1. The van der Waals surface area contributed by atoms with Crippen LogP contribution in [0.15, 0.2) is 77.7 Å². The van der Waals surface area contributed by atoms with Crippen LogP contribution < -0.4 is 0 Å². The molecule has 5 rings (SSSR count). The molecule has 7 heteroatoms. The van der Waals surface area contributed by atoms with Gasteiger partial charge in [-0.3, -0.25) is 4.79 Å². The standard InChI is InChI=1S/C32H29F2NO3S/c1-31(2,38)25-8-3-4-9-29(25)39-19-23-17-32(23,18-30(36)37)22-7-5-6-20(14-22)10-12-24-13-11-21-15-26(33)27(34)16-28(21)35-24/h3-16,23,38H,17-19H2,1-2H3,(H,36,37)/b12-10+/t23?,32-/m0/s1. The molecule has 1 unspecified atom stereocenters. The fourth-order valence-electron chi connectivity index (χ4n) is 5.19. The normalized spacial score (nSPS) is 19.1. The van der Waals surface area contributed by atoms with Crippen molar-refractivity contribution in [1.82, 2.24) is 4.98 Å². The van der Waals surface area contributed by atoms with E-state index in [1.165, 1.54) is 0 Å². The Balaban J connectivity index is 1.36. The van der Waals surface area contributed by atoms with E-state index in [4.69, 9.17) is 0 Å². The lowest BCUT2D eigenvalue weighted by molar-refractivity contribution is -0.137. The highest BCUT2D eigenvalue weighted by atomic mass is 32.2. The molecule has 2 N–H and O–H groups in total. The van der Waals surface area contributed by atoms with Crippen molar-refractivity contribution in [2.24, 2.45) is 5.92 Å². The summed E-state index contributed by atoms with van der Waals surface area (Å²) in [5.41, 5.74) is 2.31. The van der Waals surface area contributed by atoms with Gasteiger partial charge in [-0.2, -0.15) is 0 Å². The number of nitrogens with zero attached hydrogens (tertiary/aromatic N) is 1. The molecule has 1 aromatic heterocycles. The van der Waals surface area contributed by atoms with Gasteiger partial charge in [-0.15, -0.1) is 11.8 Å². The van der Waals surface area contributed by atoms with Crippen LogP contribution in [-0.2, 0) is 15.8 Å². The van der Waals surface area contributed by atoms with E-state index in [9.17, 15) is 23.8 Å². The minimum absolute atomic E-state index is 0.0485. The van der Waals surface area contributed by atoms with Gasteiger partial charge in [-0.05, 0) is 67.2 Å². The second-order valence-corrected chi connectivity index (χ2v) is 11.7. The molecule has 39 heavy (non-hydrogen) atoms. The van der Waals surface area contributed by atoms with Gasteiger partial charge in [0.15, 0.2) is 11.6 Å². The predicted octanol–water partition coefficient (Wildman–Crippen LogP) is 7.44. The number of carboxylic acid groups (broad SMARTS) is 1. The lowest BCUT2D eigenvalue weighted by Gasteiger charge is -2.22. The van der Waals surface area contributed by atoms with Gasteiger partial charge in [0.25, 0.3) is 0 Å². The number of thioether (sulfide) groups is 1. The number of benzene rings is 3. The number of fused-ring (bicyclic) bond motifs is 1. The summed E-state index contributed by atoms with van der Waals surface area (Å²) >= 11 is 1.66. The number of halogens is 2. The molecular weight excluding hydrogens is 516 g/mol. The highest BCUT2D eigenvalue weighted by Gasteiger charge is 2.56. The van der Waals surface area contributed by atoms with Crippen molar-refractivity contribution in [2.45, 2.75) is 42.6 Å². The lowest BCUT2D eigenvalue weighted by Crippen LogP contribution is -2.18. The molecule has 4 nitrogen and oxygen atoms in total. The Bertz CT molecular complexity index is 1580. The number of aliphatic carboxylic acids is 1. The highest BCUT2D eigenvalue weighted by Crippen LogP contribution is 2.58. The summed E-state index contributed by atoms with van der Waals surface area (Å²) in [5.74, 6) is -1.74. The highest BCUT2D eigenvalue weighted by molar-refractivity contribution is 7.99. The van der Waals surface area contributed by atoms with E-state index in [0.717, 1.165) is 45.9 Å². The molecule has 2 atom stereocenters. The van der Waals surface area contributed by atoms with Crippen LogP contribution in [0.4, 0.5) is 8.78 Å². The van der Waals surface area contributed by atoms with Crippen molar-refractivity contribution in [1.29, 1.82) is 0 Å². The van der Waals surface area contributed by atoms with Crippen molar-refractivity contribution >= 4 is 40.8 Å². The topological polar surface area (TPSA) is 70.4 Å². The number of carboxylic acids is 1. The minimum Gasteiger partial charge on any atom is -0.481 e. The van der Waals surface area contributed by atoms with Gasteiger partial charge >= 0.3 is 5.97 Å². The summed E-state index contributed by atoms with van der Waals surface area (Å²) in [5, 5.41) is 20.8. The quantitative estimate of drug-likeness (QED) is 0.214. The van der Waals surface area contributed by atoms with Gasteiger partial charge in [0.05, 0.1) is 23.2 Å². The van der Waals surface area contributed by atoms with Crippen LogP contribution in [0.5, 0.6) is 0 Å². The summed E-state index contributed by atoms with van der Waals surface area (Å²) in [7, 11) is 0. The van der Waals surface area contributed by atoms with E-state index in [1.54, 1.807) is 43.8 Å². The summed E-state index contributed by atoms with van der Waals surface area (Å²) in [6.07, 6.45) is 4.51. The number of rotatable bonds is 9. The van der Waals surface area contributed by atoms with Crippen molar-refractivity contribution in [3.63, 3.8) is 0 Å². The SMILES string of the molecule is CC(C)(O)c1ccccc1SCC1C[C@]1(CC(=O)O)c1cccc(/C=C/c2ccc3cc(F)c(F)cc3n2)c1. The Kier molecular flexibility index (Phi) is 7.31. The van der Waals surface area contributed by atoms with E-state index in [-0.39, 0.29) is 12.3 Å². The first-order chi connectivity index (χ1) is 18.5. The van der Waals surface area contributed by atoms with Crippen LogP contribution >= 0.6 is 11.8 Å². The summed E-state index contributed by atoms with van der Waals surface area (Å²) in [6, 6.07) is 21.3. The predicted molar refractivity (Wildman–Crippen MR) is 151 cm³/mol. The maximum atomic E-state index is 13.7. The van der Waals surface area contributed by atoms with Crippen molar-refractivity contribution < 1.29 is 23.8 Å². The number of aromatic nitrogens is 1. The molecule has 1 saturated carbocycles. The molecule has 4 aromatic rings. The van der Waals surface area contributed by atoms with Crippen molar-refractivity contribution in [2.75, 3.05) is 5.75 Å². The number of hydrogen-bond acceptors (Lipinski definition) is 4. The van der Waals surface area contributed by atoms with E-state index < -0.39 is 28.6 Å². The first kappa shape index (κ1) is 27.0. The Labute approximate surface area is 230 Å². The van der Waals surface area contributed by atoms with Crippen molar-refractivity contribution in [3.05, 3.63) is 107 Å². The molecule has 1 heterocycles. The van der Waals surface area contributed by atoms with Crippen molar-refractivity contribution in [3.8, 4) is 0 Å². The first-order valence-corrected chi connectivity index (χ1v) is 13.7. The monoisotopic (exact) mass is 545 g/mol. The smallest absolute Gasteiger partial charge is 0.304 e. The Hall–Kier alpha value is -3.55. The van der Waals surface area contributed by atoms with Gasteiger partial charge in [-0.1, -0.05) is 54.6 Å². The van der Waals surface area contributed by atoms with Gasteiger partial charge in [-0.25, -0.2) is 13.8 Å². The summed E-state index contributed by atoms with van der Waals surface area (Å²) in [4.78, 5) is 17.3. The van der Waals surface area contributed by atoms with E-state index in [2.05, 4.69) is 4.98 Å². The average Bonchev–Trinajstić information content (AvgIpc) is 3.59. The number of aliphatic hydroxyl groups is 1. The van der Waals surface area contributed by atoms with E-state index in [1.807, 2.05) is 54.6 Å².